The molecule has 0 radical (unpaired) electrons. The minimum Gasteiger partial charge on any atom is -0.370 e. The molecule has 20 heavy (non-hydrogen) atoms. The first-order chi connectivity index (χ1) is 9.79. The van der Waals surface area contributed by atoms with E-state index in [1.165, 1.54) is 17.2 Å². The fraction of sp³-hybridized carbons (Fsp3) is 0.235. The van der Waals surface area contributed by atoms with E-state index in [1.54, 1.807) is 6.07 Å². The van der Waals surface area contributed by atoms with Crippen molar-refractivity contribution in [3.63, 3.8) is 0 Å². The largest absolute Gasteiger partial charge is 0.370 e. The molecular formula is C17H16FNO. The third-order valence-corrected chi connectivity index (χ3v) is 3.91. The summed E-state index contributed by atoms with van der Waals surface area (Å²) in [4.78, 5) is 13.2. The summed E-state index contributed by atoms with van der Waals surface area (Å²) < 4.78 is 13.7. The SMILES string of the molecule is O=Cc1c(F)cccc1N1CCc2ccccc2CC1. The lowest BCUT2D eigenvalue weighted by molar-refractivity contribution is 0.112. The molecule has 0 unspecified atom stereocenters. The standard InChI is InChI=1S/C17H16FNO/c18-16-6-3-7-17(15(16)12-20)19-10-8-13-4-1-2-5-14(13)9-11-19/h1-7,12H,8-11H2. The second kappa shape index (κ2) is 5.45. The molecule has 3 heteroatoms. The van der Waals surface area contributed by atoms with E-state index in [-0.39, 0.29) is 5.56 Å². The number of hydrogen-bond donors (Lipinski definition) is 0. The number of carbonyl (C=O) groups excluding carboxylic acids is 1. The van der Waals surface area contributed by atoms with Gasteiger partial charge in [-0.1, -0.05) is 30.3 Å². The van der Waals surface area contributed by atoms with Gasteiger partial charge in [0.25, 0.3) is 0 Å². The topological polar surface area (TPSA) is 20.3 Å². The van der Waals surface area contributed by atoms with Crippen LogP contribution in [0.5, 0.6) is 0 Å². The van der Waals surface area contributed by atoms with Crippen molar-refractivity contribution < 1.29 is 9.18 Å². The molecule has 1 aliphatic rings. The minimum atomic E-state index is -0.445. The zero-order valence-electron chi connectivity index (χ0n) is 11.2. The summed E-state index contributed by atoms with van der Waals surface area (Å²) in [5.74, 6) is -0.445. The molecule has 0 aromatic heterocycles. The Hall–Kier alpha value is -2.16. The highest BCUT2D eigenvalue weighted by atomic mass is 19.1. The molecule has 0 fully saturated rings. The van der Waals surface area contributed by atoms with Gasteiger partial charge in [-0.3, -0.25) is 4.79 Å². The van der Waals surface area contributed by atoms with Crippen molar-refractivity contribution in [2.75, 3.05) is 18.0 Å². The summed E-state index contributed by atoms with van der Waals surface area (Å²) in [6.45, 7) is 1.61. The number of halogens is 1. The summed E-state index contributed by atoms with van der Waals surface area (Å²) in [5.41, 5.74) is 3.56. The highest BCUT2D eigenvalue weighted by molar-refractivity contribution is 5.85. The molecule has 1 aliphatic heterocycles. The first kappa shape index (κ1) is 12.9. The van der Waals surface area contributed by atoms with Crippen LogP contribution in [0.2, 0.25) is 0 Å². The van der Waals surface area contributed by atoms with Crippen LogP contribution in [0.4, 0.5) is 10.1 Å². The lowest BCUT2D eigenvalue weighted by Crippen LogP contribution is -2.27. The van der Waals surface area contributed by atoms with Crippen LogP contribution >= 0.6 is 0 Å². The number of hydrogen-bond acceptors (Lipinski definition) is 2. The van der Waals surface area contributed by atoms with E-state index >= 15 is 0 Å². The molecule has 0 N–H and O–H groups in total. The predicted molar refractivity (Wildman–Crippen MR) is 77.9 cm³/mol. The number of benzene rings is 2. The van der Waals surface area contributed by atoms with E-state index in [2.05, 4.69) is 17.0 Å². The molecule has 0 saturated heterocycles. The van der Waals surface area contributed by atoms with Crippen LogP contribution in [-0.2, 0) is 12.8 Å². The molecule has 1 heterocycles. The lowest BCUT2D eigenvalue weighted by atomic mass is 10.0. The molecule has 0 spiro atoms. The third-order valence-electron chi connectivity index (χ3n) is 3.91. The van der Waals surface area contributed by atoms with Gasteiger partial charge in [-0.2, -0.15) is 0 Å². The van der Waals surface area contributed by atoms with Crippen molar-refractivity contribution in [1.82, 2.24) is 0 Å². The Morgan fingerprint density at radius 1 is 0.950 bits per heavy atom. The molecule has 102 valence electrons. The molecule has 3 rings (SSSR count). The summed E-state index contributed by atoms with van der Waals surface area (Å²) in [7, 11) is 0. The first-order valence-corrected chi connectivity index (χ1v) is 6.85. The van der Waals surface area contributed by atoms with Gasteiger partial charge in [0.2, 0.25) is 0 Å². The number of nitrogens with zero attached hydrogens (tertiary/aromatic N) is 1. The summed E-state index contributed by atoms with van der Waals surface area (Å²) in [6, 6.07) is 13.2. The van der Waals surface area contributed by atoms with Crippen molar-refractivity contribution in [1.29, 1.82) is 0 Å². The molecular weight excluding hydrogens is 253 g/mol. The molecule has 2 nitrogen and oxygen atoms in total. The van der Waals surface area contributed by atoms with Gasteiger partial charge in [-0.25, -0.2) is 4.39 Å². The molecule has 0 bridgehead atoms. The van der Waals surface area contributed by atoms with Crippen molar-refractivity contribution in [2.24, 2.45) is 0 Å². The van der Waals surface area contributed by atoms with Gasteiger partial charge in [0, 0.05) is 13.1 Å². The molecule has 2 aromatic carbocycles. The van der Waals surface area contributed by atoms with Gasteiger partial charge in [-0.05, 0) is 36.1 Å². The van der Waals surface area contributed by atoms with Crippen LogP contribution in [-0.4, -0.2) is 19.4 Å². The van der Waals surface area contributed by atoms with Crippen LogP contribution in [0.1, 0.15) is 21.5 Å². The van der Waals surface area contributed by atoms with Crippen molar-refractivity contribution in [3.05, 3.63) is 65.0 Å². The summed E-state index contributed by atoms with van der Waals surface area (Å²) in [6.07, 6.45) is 2.46. The van der Waals surface area contributed by atoms with Gasteiger partial charge in [-0.15, -0.1) is 0 Å². The zero-order chi connectivity index (χ0) is 13.9. The predicted octanol–water partition coefficient (Wildman–Crippen LogP) is 3.24. The Kier molecular flexibility index (Phi) is 3.50. The first-order valence-electron chi connectivity index (χ1n) is 6.85. The number of rotatable bonds is 2. The Morgan fingerprint density at radius 3 is 2.20 bits per heavy atom. The third kappa shape index (κ3) is 2.31. The van der Waals surface area contributed by atoms with Crippen LogP contribution in [0.15, 0.2) is 42.5 Å². The van der Waals surface area contributed by atoms with Gasteiger partial charge in [0.15, 0.2) is 6.29 Å². The van der Waals surface area contributed by atoms with E-state index in [0.717, 1.165) is 25.9 Å². The van der Waals surface area contributed by atoms with Gasteiger partial charge >= 0.3 is 0 Å². The second-order valence-corrected chi connectivity index (χ2v) is 5.05. The number of aldehydes is 1. The van der Waals surface area contributed by atoms with E-state index in [0.29, 0.717) is 12.0 Å². The van der Waals surface area contributed by atoms with Gasteiger partial charge in [0.1, 0.15) is 5.82 Å². The van der Waals surface area contributed by atoms with Crippen molar-refractivity contribution in [3.8, 4) is 0 Å². The van der Waals surface area contributed by atoms with Crippen molar-refractivity contribution in [2.45, 2.75) is 12.8 Å². The van der Waals surface area contributed by atoms with Gasteiger partial charge in [0.05, 0.1) is 11.3 Å². The Bertz CT molecular complexity index is 612. The van der Waals surface area contributed by atoms with E-state index in [1.807, 2.05) is 18.2 Å². The quantitative estimate of drug-likeness (QED) is 0.780. The van der Waals surface area contributed by atoms with Gasteiger partial charge < -0.3 is 4.90 Å². The lowest BCUT2D eigenvalue weighted by Gasteiger charge is -2.24. The fourth-order valence-electron chi connectivity index (χ4n) is 2.83. The van der Waals surface area contributed by atoms with E-state index < -0.39 is 5.82 Å². The Morgan fingerprint density at radius 2 is 1.60 bits per heavy atom. The summed E-state index contributed by atoms with van der Waals surface area (Å²) in [5, 5.41) is 0. The zero-order valence-corrected chi connectivity index (χ0v) is 11.2. The summed E-state index contributed by atoms with van der Waals surface area (Å²) >= 11 is 0. The number of fused-ring (bicyclic) bond motifs is 1. The second-order valence-electron chi connectivity index (χ2n) is 5.05. The normalized spacial score (nSPS) is 14.6. The van der Waals surface area contributed by atoms with Crippen LogP contribution < -0.4 is 4.90 Å². The molecule has 0 amide bonds. The average Bonchev–Trinajstić information content (AvgIpc) is 2.69. The van der Waals surface area contributed by atoms with Crippen molar-refractivity contribution >= 4 is 12.0 Å². The van der Waals surface area contributed by atoms with Crippen LogP contribution in [0.25, 0.3) is 0 Å². The highest BCUT2D eigenvalue weighted by Crippen LogP contribution is 2.25. The van der Waals surface area contributed by atoms with Crippen LogP contribution in [0, 0.1) is 5.82 Å². The molecule has 2 aromatic rings. The fourth-order valence-corrected chi connectivity index (χ4v) is 2.83. The maximum absolute atomic E-state index is 13.7. The highest BCUT2D eigenvalue weighted by Gasteiger charge is 2.17. The van der Waals surface area contributed by atoms with E-state index in [4.69, 9.17) is 0 Å². The van der Waals surface area contributed by atoms with Crippen LogP contribution in [0.3, 0.4) is 0 Å². The maximum atomic E-state index is 13.7. The van der Waals surface area contributed by atoms with E-state index in [9.17, 15) is 9.18 Å². The number of anilines is 1. The molecule has 0 saturated carbocycles. The smallest absolute Gasteiger partial charge is 0.155 e. The number of carbonyl (C=O) groups is 1. The Balaban J connectivity index is 1.91. The maximum Gasteiger partial charge on any atom is 0.155 e. The minimum absolute atomic E-state index is 0.165. The average molecular weight is 269 g/mol. The monoisotopic (exact) mass is 269 g/mol. The molecule has 0 atom stereocenters. The Labute approximate surface area is 117 Å². The molecule has 0 aliphatic carbocycles.